The molecule has 0 aliphatic carbocycles. The maximum atomic E-state index is 13.0. The lowest BCUT2D eigenvalue weighted by atomic mass is 10.2. The lowest BCUT2D eigenvalue weighted by Gasteiger charge is -2.06. The van der Waals surface area contributed by atoms with Crippen molar-refractivity contribution >= 4 is 33.7 Å². The van der Waals surface area contributed by atoms with E-state index in [4.69, 9.17) is 16.0 Å². The van der Waals surface area contributed by atoms with E-state index in [1.54, 1.807) is 4.68 Å². The summed E-state index contributed by atoms with van der Waals surface area (Å²) in [5.74, 6) is 0. The number of rotatable bonds is 3. The smallest absolute Gasteiger partial charge is 0.297 e. The van der Waals surface area contributed by atoms with Crippen LogP contribution in [0.4, 0.5) is 0 Å². The standard InChI is InChI=1S/C21H15ClN4O2/c1-13-16(20(22)26(24-13)14-7-3-2-4-8-14)11-25-12-23-18-15-9-5-6-10-17(15)28-19(18)21(25)27/h2-10,12H,11H2,1H3. The molecule has 7 heteroatoms. The second-order valence-corrected chi connectivity index (χ2v) is 6.91. The van der Waals surface area contributed by atoms with Crippen molar-refractivity contribution in [1.29, 1.82) is 0 Å². The Morgan fingerprint density at radius 3 is 2.64 bits per heavy atom. The monoisotopic (exact) mass is 390 g/mol. The van der Waals surface area contributed by atoms with E-state index in [1.807, 2.05) is 61.5 Å². The number of furan rings is 1. The minimum Gasteiger partial charge on any atom is -0.448 e. The summed E-state index contributed by atoms with van der Waals surface area (Å²) in [4.78, 5) is 17.4. The van der Waals surface area contributed by atoms with Gasteiger partial charge in [0.2, 0.25) is 5.58 Å². The predicted octanol–water partition coefficient (Wildman–Crippen LogP) is 4.34. The van der Waals surface area contributed by atoms with E-state index in [1.165, 1.54) is 10.9 Å². The van der Waals surface area contributed by atoms with Crippen LogP contribution in [0.15, 0.2) is 70.1 Å². The first-order chi connectivity index (χ1) is 13.6. The van der Waals surface area contributed by atoms with Crippen LogP contribution in [-0.4, -0.2) is 19.3 Å². The molecule has 5 aromatic rings. The van der Waals surface area contributed by atoms with Crippen LogP contribution in [0, 0.1) is 6.92 Å². The number of halogens is 1. The third-order valence-corrected chi connectivity index (χ3v) is 5.19. The Labute approximate surface area is 164 Å². The lowest BCUT2D eigenvalue weighted by molar-refractivity contribution is 0.642. The number of nitrogens with zero attached hydrogens (tertiary/aromatic N) is 4. The molecule has 2 aromatic carbocycles. The highest BCUT2D eigenvalue weighted by Gasteiger charge is 2.18. The zero-order valence-electron chi connectivity index (χ0n) is 15.0. The van der Waals surface area contributed by atoms with Gasteiger partial charge in [-0.3, -0.25) is 9.36 Å². The highest BCUT2D eigenvalue weighted by molar-refractivity contribution is 6.30. The van der Waals surface area contributed by atoms with Gasteiger partial charge in [-0.15, -0.1) is 0 Å². The van der Waals surface area contributed by atoms with Crippen molar-refractivity contribution in [2.24, 2.45) is 0 Å². The van der Waals surface area contributed by atoms with E-state index < -0.39 is 0 Å². The summed E-state index contributed by atoms with van der Waals surface area (Å²) in [6.45, 7) is 2.13. The van der Waals surface area contributed by atoms with Crippen molar-refractivity contribution in [3.8, 4) is 5.69 Å². The van der Waals surface area contributed by atoms with Gasteiger partial charge in [-0.25, -0.2) is 9.67 Å². The highest BCUT2D eigenvalue weighted by atomic mass is 35.5. The maximum absolute atomic E-state index is 13.0. The van der Waals surface area contributed by atoms with Crippen LogP contribution in [0.2, 0.25) is 5.15 Å². The number of para-hydroxylation sites is 2. The number of hydrogen-bond donors (Lipinski definition) is 0. The van der Waals surface area contributed by atoms with E-state index >= 15 is 0 Å². The minimum atomic E-state index is -0.246. The molecule has 0 radical (unpaired) electrons. The molecule has 0 spiro atoms. The van der Waals surface area contributed by atoms with Crippen LogP contribution in [0.1, 0.15) is 11.3 Å². The molecule has 3 heterocycles. The molecule has 0 saturated carbocycles. The van der Waals surface area contributed by atoms with E-state index in [0.717, 1.165) is 22.3 Å². The van der Waals surface area contributed by atoms with Crippen molar-refractivity contribution in [1.82, 2.24) is 19.3 Å². The van der Waals surface area contributed by atoms with Gasteiger partial charge in [-0.2, -0.15) is 5.10 Å². The van der Waals surface area contributed by atoms with Gasteiger partial charge in [0.15, 0.2) is 0 Å². The fourth-order valence-electron chi connectivity index (χ4n) is 3.35. The fraction of sp³-hybridized carbons (Fsp3) is 0.0952. The summed E-state index contributed by atoms with van der Waals surface area (Å²) < 4.78 is 8.91. The third-order valence-electron chi connectivity index (χ3n) is 4.80. The number of benzene rings is 2. The molecule has 5 rings (SSSR count). The van der Waals surface area contributed by atoms with Gasteiger partial charge in [0, 0.05) is 10.9 Å². The topological polar surface area (TPSA) is 65.8 Å². The van der Waals surface area contributed by atoms with E-state index in [9.17, 15) is 4.79 Å². The van der Waals surface area contributed by atoms with Crippen molar-refractivity contribution in [2.45, 2.75) is 13.5 Å². The van der Waals surface area contributed by atoms with Crippen molar-refractivity contribution in [2.75, 3.05) is 0 Å². The molecule has 0 amide bonds. The molecule has 6 nitrogen and oxygen atoms in total. The SMILES string of the molecule is Cc1nn(-c2ccccc2)c(Cl)c1Cn1cnc2c(oc3ccccc32)c1=O. The summed E-state index contributed by atoms with van der Waals surface area (Å²) in [5, 5.41) is 5.83. The quantitative estimate of drug-likeness (QED) is 0.459. The van der Waals surface area contributed by atoms with Gasteiger partial charge in [0.1, 0.15) is 16.3 Å². The Morgan fingerprint density at radius 1 is 1.07 bits per heavy atom. The second kappa shape index (κ2) is 6.35. The third kappa shape index (κ3) is 2.53. The maximum Gasteiger partial charge on any atom is 0.297 e. The normalized spacial score (nSPS) is 11.5. The molecular formula is C21H15ClN4O2. The Balaban J connectivity index is 1.61. The van der Waals surface area contributed by atoms with Gasteiger partial charge in [0.05, 0.1) is 24.3 Å². The largest absolute Gasteiger partial charge is 0.448 e. The van der Waals surface area contributed by atoms with Gasteiger partial charge < -0.3 is 4.42 Å². The van der Waals surface area contributed by atoms with Crippen LogP contribution in [0.3, 0.4) is 0 Å². The molecule has 28 heavy (non-hydrogen) atoms. The molecule has 0 aliphatic heterocycles. The average Bonchev–Trinajstić information content (AvgIpc) is 3.23. The zero-order valence-corrected chi connectivity index (χ0v) is 15.7. The highest BCUT2D eigenvalue weighted by Crippen LogP contribution is 2.26. The predicted molar refractivity (Wildman–Crippen MR) is 108 cm³/mol. The molecule has 0 bridgehead atoms. The van der Waals surface area contributed by atoms with Gasteiger partial charge in [0.25, 0.3) is 5.56 Å². The van der Waals surface area contributed by atoms with E-state index in [-0.39, 0.29) is 17.7 Å². The van der Waals surface area contributed by atoms with Crippen LogP contribution in [0.5, 0.6) is 0 Å². The van der Waals surface area contributed by atoms with Gasteiger partial charge >= 0.3 is 0 Å². The van der Waals surface area contributed by atoms with E-state index in [0.29, 0.717) is 16.3 Å². The molecule has 0 saturated heterocycles. The number of hydrogen-bond acceptors (Lipinski definition) is 4. The lowest BCUT2D eigenvalue weighted by Crippen LogP contribution is -2.20. The van der Waals surface area contributed by atoms with Crippen molar-refractivity contribution in [3.05, 3.63) is 87.7 Å². The first-order valence-electron chi connectivity index (χ1n) is 8.79. The molecule has 0 atom stereocenters. The van der Waals surface area contributed by atoms with Gasteiger partial charge in [-0.1, -0.05) is 41.9 Å². The summed E-state index contributed by atoms with van der Waals surface area (Å²) in [6, 6.07) is 17.1. The van der Waals surface area contributed by atoms with Crippen molar-refractivity contribution in [3.63, 3.8) is 0 Å². The molecule has 3 aromatic heterocycles. The van der Waals surface area contributed by atoms with Crippen LogP contribution in [-0.2, 0) is 6.54 Å². The summed E-state index contributed by atoms with van der Waals surface area (Å²) in [5.41, 5.74) is 3.60. The number of aryl methyl sites for hydroxylation is 1. The van der Waals surface area contributed by atoms with Crippen LogP contribution < -0.4 is 5.56 Å². The Bertz CT molecular complexity index is 1380. The van der Waals surface area contributed by atoms with Crippen LogP contribution >= 0.6 is 11.6 Å². The van der Waals surface area contributed by atoms with Crippen LogP contribution in [0.25, 0.3) is 27.8 Å². The summed E-state index contributed by atoms with van der Waals surface area (Å²) in [6.07, 6.45) is 1.53. The molecule has 138 valence electrons. The molecular weight excluding hydrogens is 376 g/mol. The molecule has 0 fully saturated rings. The van der Waals surface area contributed by atoms with Gasteiger partial charge in [-0.05, 0) is 31.2 Å². The minimum absolute atomic E-state index is 0.243. The Kier molecular flexibility index (Phi) is 3.80. The Morgan fingerprint density at radius 2 is 1.82 bits per heavy atom. The molecule has 0 unspecified atom stereocenters. The molecule has 0 aliphatic rings. The second-order valence-electron chi connectivity index (χ2n) is 6.56. The first-order valence-corrected chi connectivity index (χ1v) is 9.17. The first kappa shape index (κ1) is 16.8. The Hall–Kier alpha value is -3.38. The van der Waals surface area contributed by atoms with Crippen molar-refractivity contribution < 1.29 is 4.42 Å². The zero-order chi connectivity index (χ0) is 19.3. The number of fused-ring (bicyclic) bond motifs is 3. The molecule has 0 N–H and O–H groups in total. The summed E-state index contributed by atoms with van der Waals surface area (Å²) >= 11 is 6.59. The summed E-state index contributed by atoms with van der Waals surface area (Å²) in [7, 11) is 0. The number of aromatic nitrogens is 4. The van der Waals surface area contributed by atoms with E-state index in [2.05, 4.69) is 10.1 Å². The average molecular weight is 391 g/mol. The fourth-order valence-corrected chi connectivity index (χ4v) is 3.68.